The van der Waals surface area contributed by atoms with Gasteiger partial charge in [-0.15, -0.1) is 0 Å². The van der Waals surface area contributed by atoms with Crippen LogP contribution in [0.4, 0.5) is 15.8 Å². The molecule has 110 valence electrons. The summed E-state index contributed by atoms with van der Waals surface area (Å²) in [6, 6.07) is 8.44. The minimum absolute atomic E-state index is 0.141. The summed E-state index contributed by atoms with van der Waals surface area (Å²) in [5.74, 6) is -1.96. The van der Waals surface area contributed by atoms with Crippen LogP contribution in [0, 0.1) is 5.82 Å². The highest BCUT2D eigenvalue weighted by Crippen LogP contribution is 2.24. The Morgan fingerprint density at radius 3 is 2.43 bits per heavy atom. The zero-order valence-electron chi connectivity index (χ0n) is 10.6. The third-order valence-electron chi connectivity index (χ3n) is 2.66. The number of nitrogen functional groups attached to an aromatic ring is 1. The molecule has 2 aromatic rings. The van der Waals surface area contributed by atoms with E-state index >= 15 is 0 Å². The van der Waals surface area contributed by atoms with E-state index in [0.717, 1.165) is 24.3 Å². The van der Waals surface area contributed by atoms with Gasteiger partial charge in [-0.1, -0.05) is 12.1 Å². The summed E-state index contributed by atoms with van der Waals surface area (Å²) in [6.07, 6.45) is 0. The summed E-state index contributed by atoms with van der Waals surface area (Å²) in [5.41, 5.74) is 4.96. The molecule has 0 unspecified atom stereocenters. The van der Waals surface area contributed by atoms with E-state index in [0.29, 0.717) is 0 Å². The second-order valence-corrected chi connectivity index (χ2v) is 5.79. The molecule has 0 saturated carbocycles. The van der Waals surface area contributed by atoms with Gasteiger partial charge in [0.25, 0.3) is 10.0 Å². The van der Waals surface area contributed by atoms with Crippen molar-refractivity contribution < 1.29 is 22.7 Å². The van der Waals surface area contributed by atoms with Gasteiger partial charge in [0.15, 0.2) is 0 Å². The second kappa shape index (κ2) is 5.41. The molecular weight excluding hydrogens is 299 g/mol. The highest BCUT2D eigenvalue weighted by atomic mass is 32.2. The molecule has 0 aromatic heterocycles. The predicted molar refractivity (Wildman–Crippen MR) is 75.0 cm³/mol. The van der Waals surface area contributed by atoms with Gasteiger partial charge in [0.1, 0.15) is 10.7 Å². The predicted octanol–water partition coefficient (Wildman–Crippen LogP) is 1.91. The number of hydrogen-bond acceptors (Lipinski definition) is 4. The van der Waals surface area contributed by atoms with Crippen LogP contribution < -0.4 is 10.5 Å². The Kier molecular flexibility index (Phi) is 3.81. The SMILES string of the molecule is Nc1cc(C(=O)O)ccc1S(=O)(=O)Nc1ccccc1F. The topological polar surface area (TPSA) is 109 Å². The second-order valence-electron chi connectivity index (χ2n) is 4.14. The van der Waals surface area contributed by atoms with Crippen molar-refractivity contribution in [2.24, 2.45) is 0 Å². The molecule has 0 aliphatic heterocycles. The first kappa shape index (κ1) is 14.8. The van der Waals surface area contributed by atoms with Crippen LogP contribution in [0.5, 0.6) is 0 Å². The maximum Gasteiger partial charge on any atom is 0.335 e. The van der Waals surface area contributed by atoms with Gasteiger partial charge in [-0.2, -0.15) is 0 Å². The highest BCUT2D eigenvalue weighted by molar-refractivity contribution is 7.92. The molecule has 0 fully saturated rings. The molecule has 0 spiro atoms. The van der Waals surface area contributed by atoms with E-state index in [1.807, 2.05) is 0 Å². The maximum absolute atomic E-state index is 13.5. The average molecular weight is 310 g/mol. The van der Waals surface area contributed by atoms with E-state index in [-0.39, 0.29) is 21.8 Å². The van der Waals surface area contributed by atoms with E-state index in [1.54, 1.807) is 0 Å². The molecule has 0 radical (unpaired) electrons. The standard InChI is InChI=1S/C13H11FN2O4S/c14-9-3-1-2-4-11(9)16-21(19,20)12-6-5-8(13(17)18)7-10(12)15/h1-7,16H,15H2,(H,17,18). The summed E-state index contributed by atoms with van der Waals surface area (Å²) in [7, 11) is -4.12. The number of aromatic carboxylic acids is 1. The zero-order valence-corrected chi connectivity index (χ0v) is 11.4. The van der Waals surface area contributed by atoms with Crippen molar-refractivity contribution >= 4 is 27.4 Å². The van der Waals surface area contributed by atoms with E-state index in [2.05, 4.69) is 4.72 Å². The van der Waals surface area contributed by atoms with Gasteiger partial charge in [-0.25, -0.2) is 17.6 Å². The molecule has 0 atom stereocenters. The largest absolute Gasteiger partial charge is 0.478 e. The molecule has 2 aromatic carbocycles. The minimum Gasteiger partial charge on any atom is -0.478 e. The van der Waals surface area contributed by atoms with Crippen LogP contribution in [0.15, 0.2) is 47.4 Å². The lowest BCUT2D eigenvalue weighted by atomic mass is 10.2. The van der Waals surface area contributed by atoms with E-state index < -0.39 is 21.8 Å². The molecule has 0 saturated heterocycles. The van der Waals surface area contributed by atoms with Crippen molar-refractivity contribution in [3.05, 3.63) is 53.8 Å². The minimum atomic E-state index is -4.12. The summed E-state index contributed by atoms with van der Waals surface area (Å²) < 4.78 is 39.8. The molecule has 0 heterocycles. The number of benzene rings is 2. The third-order valence-corrected chi connectivity index (χ3v) is 4.10. The Hall–Kier alpha value is -2.61. The van der Waals surface area contributed by atoms with Crippen molar-refractivity contribution in [2.45, 2.75) is 4.90 Å². The average Bonchev–Trinajstić information content (AvgIpc) is 2.40. The van der Waals surface area contributed by atoms with Crippen LogP contribution in [-0.4, -0.2) is 19.5 Å². The van der Waals surface area contributed by atoms with Gasteiger partial charge in [-0.3, -0.25) is 4.72 Å². The molecule has 0 bridgehead atoms. The van der Waals surface area contributed by atoms with Crippen LogP contribution in [0.3, 0.4) is 0 Å². The number of sulfonamides is 1. The quantitative estimate of drug-likeness (QED) is 0.747. The molecule has 2 rings (SSSR count). The van der Waals surface area contributed by atoms with Crippen molar-refractivity contribution in [1.82, 2.24) is 0 Å². The Morgan fingerprint density at radius 1 is 1.19 bits per heavy atom. The first-order chi connectivity index (χ1) is 9.81. The van der Waals surface area contributed by atoms with Gasteiger partial charge in [0.2, 0.25) is 0 Å². The first-order valence-corrected chi connectivity index (χ1v) is 7.20. The number of anilines is 2. The van der Waals surface area contributed by atoms with Crippen LogP contribution >= 0.6 is 0 Å². The maximum atomic E-state index is 13.5. The lowest BCUT2D eigenvalue weighted by Crippen LogP contribution is -2.16. The van der Waals surface area contributed by atoms with E-state index in [9.17, 15) is 17.6 Å². The Bertz CT molecular complexity index is 806. The lowest BCUT2D eigenvalue weighted by molar-refractivity contribution is 0.0697. The Morgan fingerprint density at radius 2 is 1.86 bits per heavy atom. The van der Waals surface area contributed by atoms with E-state index in [4.69, 9.17) is 10.8 Å². The van der Waals surface area contributed by atoms with Gasteiger partial charge in [0, 0.05) is 0 Å². The van der Waals surface area contributed by atoms with Crippen molar-refractivity contribution in [3.63, 3.8) is 0 Å². The fourth-order valence-electron chi connectivity index (χ4n) is 1.67. The monoisotopic (exact) mass is 310 g/mol. The molecule has 0 amide bonds. The van der Waals surface area contributed by atoms with Gasteiger partial charge in [-0.05, 0) is 30.3 Å². The number of nitrogens with one attached hydrogen (secondary N) is 1. The van der Waals surface area contributed by atoms with Crippen LogP contribution in [0.1, 0.15) is 10.4 Å². The van der Waals surface area contributed by atoms with Crippen LogP contribution in [0.2, 0.25) is 0 Å². The van der Waals surface area contributed by atoms with Crippen molar-refractivity contribution in [1.29, 1.82) is 0 Å². The fourth-order valence-corrected chi connectivity index (χ4v) is 2.85. The summed E-state index contributed by atoms with van der Waals surface area (Å²) in [4.78, 5) is 10.5. The molecule has 8 heteroatoms. The number of halogens is 1. The van der Waals surface area contributed by atoms with Crippen molar-refractivity contribution in [2.75, 3.05) is 10.5 Å². The van der Waals surface area contributed by atoms with Crippen molar-refractivity contribution in [3.8, 4) is 0 Å². The van der Waals surface area contributed by atoms with Gasteiger partial charge >= 0.3 is 5.97 Å². The Balaban J connectivity index is 2.41. The van der Waals surface area contributed by atoms with Gasteiger partial charge in [0.05, 0.1) is 16.9 Å². The molecule has 6 nitrogen and oxygen atoms in total. The summed E-state index contributed by atoms with van der Waals surface area (Å²) in [5, 5.41) is 8.80. The number of carboxylic acids is 1. The molecule has 21 heavy (non-hydrogen) atoms. The third kappa shape index (κ3) is 3.11. The number of carbonyl (C=O) groups is 1. The normalized spacial score (nSPS) is 11.1. The first-order valence-electron chi connectivity index (χ1n) is 5.71. The number of rotatable bonds is 4. The van der Waals surface area contributed by atoms with Crippen LogP contribution in [0.25, 0.3) is 0 Å². The lowest BCUT2D eigenvalue weighted by Gasteiger charge is -2.11. The number of nitrogens with two attached hydrogens (primary N) is 1. The zero-order chi connectivity index (χ0) is 15.6. The van der Waals surface area contributed by atoms with E-state index in [1.165, 1.54) is 18.2 Å². The number of carboxylic acid groups (broad SMARTS) is 1. The number of para-hydroxylation sites is 1. The smallest absolute Gasteiger partial charge is 0.335 e. The van der Waals surface area contributed by atoms with Crippen LogP contribution in [-0.2, 0) is 10.0 Å². The molecule has 0 aliphatic carbocycles. The molecular formula is C13H11FN2O4S. The molecule has 0 aliphatic rings. The van der Waals surface area contributed by atoms with Gasteiger partial charge < -0.3 is 10.8 Å². The summed E-state index contributed by atoms with van der Waals surface area (Å²) in [6.45, 7) is 0. The number of hydrogen-bond donors (Lipinski definition) is 3. The summed E-state index contributed by atoms with van der Waals surface area (Å²) >= 11 is 0. The fraction of sp³-hybridized carbons (Fsp3) is 0. The Labute approximate surface area is 120 Å². The highest BCUT2D eigenvalue weighted by Gasteiger charge is 2.20. The molecule has 4 N–H and O–H groups in total.